The molecule has 2 aromatic carbocycles. The second-order valence-corrected chi connectivity index (χ2v) is 4.81. The lowest BCUT2D eigenvalue weighted by atomic mass is 10.0. The fourth-order valence-corrected chi connectivity index (χ4v) is 1.84. The molecule has 0 amide bonds. The van der Waals surface area contributed by atoms with Crippen LogP contribution in [0.3, 0.4) is 0 Å². The summed E-state index contributed by atoms with van der Waals surface area (Å²) in [6, 6.07) is 9.17. The first-order valence-electron chi connectivity index (χ1n) is 5.25. The lowest BCUT2D eigenvalue weighted by molar-refractivity contribution is 0.103. The molecule has 0 radical (unpaired) electrons. The zero-order valence-electron chi connectivity index (χ0n) is 9.51. The highest BCUT2D eigenvalue weighted by Crippen LogP contribution is 2.20. The second-order valence-electron chi connectivity index (χ2n) is 3.89. The molecule has 92 valence electrons. The third kappa shape index (κ3) is 2.34. The third-order valence-corrected chi connectivity index (χ3v) is 3.16. The van der Waals surface area contributed by atoms with Crippen molar-refractivity contribution in [1.29, 1.82) is 0 Å². The van der Waals surface area contributed by atoms with Crippen molar-refractivity contribution in [2.24, 2.45) is 0 Å². The van der Waals surface area contributed by atoms with Crippen molar-refractivity contribution in [2.75, 3.05) is 0 Å². The summed E-state index contributed by atoms with van der Waals surface area (Å²) in [7, 11) is 0. The molecule has 4 heteroatoms. The first kappa shape index (κ1) is 12.9. The number of halogens is 3. The van der Waals surface area contributed by atoms with Gasteiger partial charge in [-0.3, -0.25) is 4.79 Å². The van der Waals surface area contributed by atoms with E-state index in [-0.39, 0.29) is 11.1 Å². The molecule has 2 rings (SSSR count). The molecule has 0 spiro atoms. The fraction of sp³-hybridized carbons (Fsp3) is 0.0714. The summed E-state index contributed by atoms with van der Waals surface area (Å²) in [5.41, 5.74) is 0.251. The van der Waals surface area contributed by atoms with Crippen LogP contribution in [0.1, 0.15) is 21.5 Å². The summed E-state index contributed by atoms with van der Waals surface area (Å²) in [4.78, 5) is 12.0. The van der Waals surface area contributed by atoms with Gasteiger partial charge in [-0.05, 0) is 42.8 Å². The van der Waals surface area contributed by atoms with E-state index in [1.807, 2.05) is 0 Å². The number of rotatable bonds is 2. The van der Waals surface area contributed by atoms with Crippen LogP contribution >= 0.6 is 15.9 Å². The van der Waals surface area contributed by atoms with Crippen LogP contribution < -0.4 is 0 Å². The lowest BCUT2D eigenvalue weighted by Gasteiger charge is -2.05. The fourth-order valence-electron chi connectivity index (χ4n) is 1.58. The molecule has 1 nitrogen and oxygen atoms in total. The Morgan fingerprint density at radius 1 is 1.00 bits per heavy atom. The monoisotopic (exact) mass is 310 g/mol. The largest absolute Gasteiger partial charge is 0.288 e. The van der Waals surface area contributed by atoms with Gasteiger partial charge in [0.2, 0.25) is 0 Å². The van der Waals surface area contributed by atoms with Crippen LogP contribution in [-0.4, -0.2) is 5.78 Å². The highest BCUT2D eigenvalue weighted by Gasteiger charge is 2.18. The van der Waals surface area contributed by atoms with E-state index >= 15 is 0 Å². The minimum absolute atomic E-state index is 0.180. The Morgan fingerprint density at radius 2 is 1.61 bits per heavy atom. The van der Waals surface area contributed by atoms with Crippen LogP contribution in [0.5, 0.6) is 0 Å². The maximum Gasteiger partial charge on any atom is 0.196 e. The molecule has 2 aromatic rings. The summed E-state index contributed by atoms with van der Waals surface area (Å²) in [6.07, 6.45) is 0. The summed E-state index contributed by atoms with van der Waals surface area (Å²) in [5, 5.41) is 0. The molecule has 0 saturated carbocycles. The number of carbonyl (C=O) groups excluding carboxylic acids is 1. The minimum Gasteiger partial charge on any atom is -0.288 e. The smallest absolute Gasteiger partial charge is 0.196 e. The molecule has 0 unspecified atom stereocenters. The van der Waals surface area contributed by atoms with E-state index in [2.05, 4.69) is 15.9 Å². The topological polar surface area (TPSA) is 17.1 Å². The van der Waals surface area contributed by atoms with Crippen molar-refractivity contribution >= 4 is 21.7 Å². The predicted molar refractivity (Wildman–Crippen MR) is 68.7 cm³/mol. The van der Waals surface area contributed by atoms with Crippen molar-refractivity contribution in [3.63, 3.8) is 0 Å². The Labute approximate surface area is 112 Å². The van der Waals surface area contributed by atoms with Crippen LogP contribution in [-0.2, 0) is 0 Å². The van der Waals surface area contributed by atoms with Gasteiger partial charge in [-0.1, -0.05) is 22.0 Å². The number of ketones is 1. The van der Waals surface area contributed by atoms with Crippen LogP contribution in [0, 0.1) is 18.6 Å². The van der Waals surface area contributed by atoms with Gasteiger partial charge in [0.25, 0.3) is 0 Å². The molecule has 0 aliphatic rings. The molecule has 0 aliphatic heterocycles. The zero-order valence-corrected chi connectivity index (χ0v) is 11.1. The Hall–Kier alpha value is -1.55. The van der Waals surface area contributed by atoms with Crippen molar-refractivity contribution in [1.82, 2.24) is 0 Å². The van der Waals surface area contributed by atoms with Gasteiger partial charge < -0.3 is 0 Å². The second kappa shape index (κ2) is 4.98. The summed E-state index contributed by atoms with van der Waals surface area (Å²) in [6.45, 7) is 1.45. The Kier molecular flexibility index (Phi) is 3.57. The predicted octanol–water partition coefficient (Wildman–Crippen LogP) is 4.27. The van der Waals surface area contributed by atoms with E-state index < -0.39 is 17.4 Å². The zero-order chi connectivity index (χ0) is 13.3. The standard InChI is InChI=1S/C14H9BrF2O/c1-8-2-7-11(13(17)12(8)16)14(18)9-3-5-10(15)6-4-9/h2-7H,1H3. The van der Waals surface area contributed by atoms with Crippen LogP contribution in [0.4, 0.5) is 8.78 Å². The molecular formula is C14H9BrF2O. The van der Waals surface area contributed by atoms with E-state index in [0.717, 1.165) is 4.47 Å². The lowest BCUT2D eigenvalue weighted by Crippen LogP contribution is -2.06. The van der Waals surface area contributed by atoms with E-state index in [0.29, 0.717) is 5.56 Å². The maximum absolute atomic E-state index is 13.7. The first-order chi connectivity index (χ1) is 8.50. The molecule has 0 heterocycles. The van der Waals surface area contributed by atoms with Gasteiger partial charge in [0.05, 0.1) is 5.56 Å². The van der Waals surface area contributed by atoms with E-state index in [1.54, 1.807) is 24.3 Å². The van der Waals surface area contributed by atoms with Gasteiger partial charge >= 0.3 is 0 Å². The van der Waals surface area contributed by atoms with Crippen LogP contribution in [0.25, 0.3) is 0 Å². The number of benzene rings is 2. The third-order valence-electron chi connectivity index (χ3n) is 2.63. The van der Waals surface area contributed by atoms with E-state index in [4.69, 9.17) is 0 Å². The van der Waals surface area contributed by atoms with Crippen molar-refractivity contribution in [2.45, 2.75) is 6.92 Å². The maximum atomic E-state index is 13.7. The van der Waals surface area contributed by atoms with Crippen molar-refractivity contribution in [3.05, 3.63) is 69.2 Å². The van der Waals surface area contributed by atoms with E-state index in [9.17, 15) is 13.6 Å². The average Bonchev–Trinajstić information content (AvgIpc) is 2.36. The SMILES string of the molecule is Cc1ccc(C(=O)c2ccc(Br)cc2)c(F)c1F. The highest BCUT2D eigenvalue weighted by molar-refractivity contribution is 9.10. The summed E-state index contributed by atoms with van der Waals surface area (Å²) >= 11 is 3.24. The quantitative estimate of drug-likeness (QED) is 0.757. The van der Waals surface area contributed by atoms with Gasteiger partial charge in [0, 0.05) is 10.0 Å². The van der Waals surface area contributed by atoms with Crippen LogP contribution in [0.2, 0.25) is 0 Å². The molecule has 0 N–H and O–H groups in total. The molecule has 0 aliphatic carbocycles. The van der Waals surface area contributed by atoms with Gasteiger partial charge in [0.15, 0.2) is 17.4 Å². The molecule has 0 atom stereocenters. The number of carbonyl (C=O) groups is 1. The van der Waals surface area contributed by atoms with Crippen LogP contribution in [0.15, 0.2) is 40.9 Å². The van der Waals surface area contributed by atoms with Gasteiger partial charge in [-0.15, -0.1) is 0 Å². The average molecular weight is 311 g/mol. The Bertz CT molecular complexity index is 606. The van der Waals surface area contributed by atoms with Crippen molar-refractivity contribution in [3.8, 4) is 0 Å². The number of hydrogen-bond donors (Lipinski definition) is 0. The first-order valence-corrected chi connectivity index (χ1v) is 6.05. The Morgan fingerprint density at radius 3 is 2.22 bits per heavy atom. The van der Waals surface area contributed by atoms with E-state index in [1.165, 1.54) is 19.1 Å². The molecule has 0 bridgehead atoms. The van der Waals surface area contributed by atoms with Gasteiger partial charge in [-0.25, -0.2) is 8.78 Å². The van der Waals surface area contributed by atoms with Gasteiger partial charge in [0.1, 0.15) is 0 Å². The normalized spacial score (nSPS) is 10.4. The molecule has 0 aromatic heterocycles. The number of aryl methyl sites for hydroxylation is 1. The number of hydrogen-bond acceptors (Lipinski definition) is 1. The summed E-state index contributed by atoms with van der Waals surface area (Å²) < 4.78 is 27.9. The summed E-state index contributed by atoms with van der Waals surface area (Å²) in [5.74, 6) is -2.60. The van der Waals surface area contributed by atoms with Crippen molar-refractivity contribution < 1.29 is 13.6 Å². The minimum atomic E-state index is -1.09. The van der Waals surface area contributed by atoms with Gasteiger partial charge in [-0.2, -0.15) is 0 Å². The molecular weight excluding hydrogens is 302 g/mol. The Balaban J connectivity index is 2.46. The molecule has 0 saturated heterocycles. The highest BCUT2D eigenvalue weighted by atomic mass is 79.9. The molecule has 18 heavy (non-hydrogen) atoms. The molecule has 0 fully saturated rings.